The van der Waals surface area contributed by atoms with Gasteiger partial charge in [0, 0.05) is 5.56 Å². The lowest BCUT2D eigenvalue weighted by Gasteiger charge is -2.19. The maximum Gasteiger partial charge on any atom is 0.338 e. The number of hydrogen-bond acceptors (Lipinski definition) is 6. The molecule has 2 fully saturated rings. The van der Waals surface area contributed by atoms with Crippen LogP contribution in [0.1, 0.15) is 34.1 Å². The van der Waals surface area contributed by atoms with Gasteiger partial charge in [-0.25, -0.2) is 4.79 Å². The van der Waals surface area contributed by atoms with Crippen LogP contribution in [0.2, 0.25) is 0 Å². The van der Waals surface area contributed by atoms with Crippen molar-refractivity contribution in [1.29, 1.82) is 0 Å². The van der Waals surface area contributed by atoms with Crippen LogP contribution >= 0.6 is 0 Å². The molecule has 2 aromatic carbocycles. The molecule has 0 spiro atoms. The first kappa shape index (κ1) is 22.5. The van der Waals surface area contributed by atoms with Crippen molar-refractivity contribution >= 4 is 35.3 Å². The van der Waals surface area contributed by atoms with Crippen molar-refractivity contribution in [3.8, 4) is 0 Å². The fourth-order valence-corrected chi connectivity index (χ4v) is 5.31. The number of rotatable bonds is 5. The molecule has 0 aromatic heterocycles. The van der Waals surface area contributed by atoms with Gasteiger partial charge >= 0.3 is 5.97 Å². The first-order valence-corrected chi connectivity index (χ1v) is 11.3. The van der Waals surface area contributed by atoms with Gasteiger partial charge in [0.15, 0.2) is 6.61 Å². The van der Waals surface area contributed by atoms with Crippen LogP contribution in [0.4, 0.5) is 5.69 Å². The Morgan fingerprint density at radius 1 is 0.914 bits per heavy atom. The zero-order valence-corrected chi connectivity index (χ0v) is 18.9. The summed E-state index contributed by atoms with van der Waals surface area (Å²) in [6, 6.07) is 14.2. The molecule has 3 aliphatic rings. The fourth-order valence-electron chi connectivity index (χ4n) is 5.31. The number of amides is 4. The first-order valence-electron chi connectivity index (χ1n) is 11.3. The Morgan fingerprint density at radius 3 is 2.31 bits per heavy atom. The molecule has 0 unspecified atom stereocenters. The van der Waals surface area contributed by atoms with Gasteiger partial charge in [0.1, 0.15) is 0 Å². The summed E-state index contributed by atoms with van der Waals surface area (Å²) in [5, 5.41) is 0. The van der Waals surface area contributed by atoms with Crippen LogP contribution in [0.3, 0.4) is 0 Å². The Kier molecular flexibility index (Phi) is 5.68. The number of fused-ring (bicyclic) bond motifs is 5. The summed E-state index contributed by atoms with van der Waals surface area (Å²) >= 11 is 0. The van der Waals surface area contributed by atoms with Gasteiger partial charge in [-0.2, -0.15) is 0 Å². The summed E-state index contributed by atoms with van der Waals surface area (Å²) in [5.74, 6) is -2.72. The van der Waals surface area contributed by atoms with E-state index in [4.69, 9.17) is 4.74 Å². The number of esters is 1. The molecular formula is C26H23N3O6. The van der Waals surface area contributed by atoms with E-state index in [-0.39, 0.29) is 41.0 Å². The smallest absolute Gasteiger partial charge is 0.338 e. The molecule has 9 heteroatoms. The lowest BCUT2D eigenvalue weighted by atomic mass is 9.82. The number of allylic oxidation sites excluding steroid dienone is 2. The van der Waals surface area contributed by atoms with Crippen molar-refractivity contribution in [2.45, 2.75) is 13.3 Å². The molecule has 35 heavy (non-hydrogen) atoms. The van der Waals surface area contributed by atoms with Crippen molar-refractivity contribution in [2.75, 3.05) is 11.5 Å². The maximum absolute atomic E-state index is 13.0. The van der Waals surface area contributed by atoms with Crippen LogP contribution in [0.15, 0.2) is 66.2 Å². The highest BCUT2D eigenvalue weighted by atomic mass is 16.5. The van der Waals surface area contributed by atoms with Gasteiger partial charge in [0.25, 0.3) is 11.8 Å². The molecule has 2 bridgehead atoms. The molecule has 2 aromatic rings. The van der Waals surface area contributed by atoms with Crippen molar-refractivity contribution in [3.63, 3.8) is 0 Å². The van der Waals surface area contributed by atoms with Gasteiger partial charge in [-0.1, -0.05) is 29.8 Å². The molecule has 5 rings (SSSR count). The Balaban J connectivity index is 1.15. The number of anilines is 1. The number of ether oxygens (including phenoxy) is 1. The van der Waals surface area contributed by atoms with E-state index >= 15 is 0 Å². The van der Waals surface area contributed by atoms with E-state index < -0.39 is 24.4 Å². The van der Waals surface area contributed by atoms with Gasteiger partial charge < -0.3 is 4.74 Å². The third kappa shape index (κ3) is 3.99. The summed E-state index contributed by atoms with van der Waals surface area (Å²) in [6.07, 6.45) is 2.98. The average molecular weight is 473 g/mol. The molecule has 4 atom stereocenters. The normalized spacial score (nSPS) is 24.1. The second-order valence-electron chi connectivity index (χ2n) is 8.97. The Bertz CT molecular complexity index is 1250. The molecule has 1 saturated carbocycles. The first-order chi connectivity index (χ1) is 16.8. The fraction of sp³-hybridized carbons (Fsp3) is 0.269. The summed E-state index contributed by atoms with van der Waals surface area (Å²) < 4.78 is 4.99. The number of imide groups is 1. The van der Waals surface area contributed by atoms with Crippen LogP contribution in [-0.4, -0.2) is 36.2 Å². The second kappa shape index (κ2) is 8.83. The standard InChI is InChI=1S/C26H23N3O6/c1-14-11-17-12-19(14)22-21(17)24(32)29(25(22)33)18-9-7-16(8-10-18)26(34)35-13-20(30)27-28-23(31)15-5-3-2-4-6-15/h2-11,17,19,21-22H,12-13H2,1H3,(H,27,30)(H,28,31)/t17-,19+,21+,22-/m0/s1. The minimum atomic E-state index is -0.755. The molecule has 1 aliphatic heterocycles. The van der Waals surface area contributed by atoms with Gasteiger partial charge in [0.05, 0.1) is 23.1 Å². The van der Waals surface area contributed by atoms with E-state index in [1.54, 1.807) is 30.3 Å². The van der Waals surface area contributed by atoms with Crippen molar-refractivity contribution < 1.29 is 28.7 Å². The molecule has 1 saturated heterocycles. The summed E-state index contributed by atoms with van der Waals surface area (Å²) in [7, 11) is 0. The molecule has 2 aliphatic carbocycles. The number of carbonyl (C=O) groups is 5. The number of hydrogen-bond donors (Lipinski definition) is 2. The van der Waals surface area contributed by atoms with Crippen LogP contribution < -0.4 is 15.8 Å². The molecule has 2 N–H and O–H groups in total. The van der Waals surface area contributed by atoms with E-state index in [0.717, 1.165) is 6.42 Å². The van der Waals surface area contributed by atoms with Gasteiger partial charge in [0.2, 0.25) is 11.8 Å². The van der Waals surface area contributed by atoms with Crippen molar-refractivity contribution in [1.82, 2.24) is 10.9 Å². The van der Waals surface area contributed by atoms with Crippen LogP contribution in [0, 0.1) is 23.7 Å². The highest BCUT2D eigenvalue weighted by molar-refractivity contribution is 6.23. The monoisotopic (exact) mass is 473 g/mol. The summed E-state index contributed by atoms with van der Waals surface area (Å²) in [5.41, 5.74) is 6.52. The van der Waals surface area contributed by atoms with Crippen LogP contribution in [0.25, 0.3) is 0 Å². The highest BCUT2D eigenvalue weighted by Gasteiger charge is 2.60. The molecule has 4 amide bonds. The average Bonchev–Trinajstić information content (AvgIpc) is 3.51. The quantitative estimate of drug-likeness (QED) is 0.297. The van der Waals surface area contributed by atoms with E-state index in [0.29, 0.717) is 11.3 Å². The van der Waals surface area contributed by atoms with Gasteiger partial charge in [-0.15, -0.1) is 0 Å². The molecule has 9 nitrogen and oxygen atoms in total. The lowest BCUT2D eigenvalue weighted by Crippen LogP contribution is -2.43. The predicted molar refractivity (Wildman–Crippen MR) is 124 cm³/mol. The van der Waals surface area contributed by atoms with E-state index in [2.05, 4.69) is 16.9 Å². The van der Waals surface area contributed by atoms with Crippen LogP contribution in [0.5, 0.6) is 0 Å². The largest absolute Gasteiger partial charge is 0.452 e. The Hall–Kier alpha value is -4.27. The molecular weight excluding hydrogens is 450 g/mol. The molecule has 0 radical (unpaired) electrons. The predicted octanol–water partition coefficient (Wildman–Crippen LogP) is 2.01. The maximum atomic E-state index is 13.0. The van der Waals surface area contributed by atoms with E-state index in [9.17, 15) is 24.0 Å². The number of hydrazine groups is 1. The molecule has 178 valence electrons. The third-order valence-corrected chi connectivity index (χ3v) is 6.93. The summed E-state index contributed by atoms with van der Waals surface area (Å²) in [6.45, 7) is 1.41. The van der Waals surface area contributed by atoms with E-state index in [1.165, 1.54) is 34.7 Å². The number of carbonyl (C=O) groups excluding carboxylic acids is 5. The second-order valence-corrected chi connectivity index (χ2v) is 8.97. The van der Waals surface area contributed by atoms with Gasteiger partial charge in [-0.3, -0.25) is 34.9 Å². The van der Waals surface area contributed by atoms with Crippen molar-refractivity contribution in [3.05, 3.63) is 77.4 Å². The van der Waals surface area contributed by atoms with Crippen LogP contribution in [-0.2, 0) is 19.1 Å². The topological polar surface area (TPSA) is 122 Å². The Labute approximate surface area is 201 Å². The lowest BCUT2D eigenvalue weighted by molar-refractivity contribution is -0.125. The number of benzene rings is 2. The highest BCUT2D eigenvalue weighted by Crippen LogP contribution is 2.55. The van der Waals surface area contributed by atoms with Gasteiger partial charge in [-0.05, 0) is 61.6 Å². The zero-order valence-electron chi connectivity index (χ0n) is 18.9. The SMILES string of the molecule is CC1=C[C@H]2C[C@H]1[C@@H]1C(=O)N(c3ccc(C(=O)OCC(=O)NNC(=O)c4ccccc4)cc3)C(=O)[C@@H]12. The summed E-state index contributed by atoms with van der Waals surface area (Å²) in [4.78, 5) is 63.4. The third-order valence-electron chi connectivity index (χ3n) is 6.93. The minimum Gasteiger partial charge on any atom is -0.452 e. The van der Waals surface area contributed by atoms with Crippen molar-refractivity contribution in [2.24, 2.45) is 23.7 Å². The van der Waals surface area contributed by atoms with E-state index in [1.807, 2.05) is 6.92 Å². The number of nitrogens with one attached hydrogen (secondary N) is 2. The zero-order chi connectivity index (χ0) is 24.7. The Morgan fingerprint density at radius 2 is 1.60 bits per heavy atom. The molecule has 1 heterocycles. The minimum absolute atomic E-state index is 0.115. The number of nitrogens with zero attached hydrogens (tertiary/aromatic N) is 1.